The van der Waals surface area contributed by atoms with E-state index in [0.717, 1.165) is 76.2 Å². The third-order valence-electron chi connectivity index (χ3n) is 10.7. The van der Waals surface area contributed by atoms with E-state index in [1.54, 1.807) is 12.1 Å². The molecule has 4 rings (SSSR count). The van der Waals surface area contributed by atoms with Gasteiger partial charge >= 0.3 is 11.9 Å². The molecule has 0 bridgehead atoms. The lowest BCUT2D eigenvalue weighted by molar-refractivity contribution is -0.157. The van der Waals surface area contributed by atoms with Crippen LogP contribution in [0.3, 0.4) is 0 Å². The summed E-state index contributed by atoms with van der Waals surface area (Å²) < 4.78 is 55.5. The zero-order valence-electron chi connectivity index (χ0n) is 29.1. The van der Waals surface area contributed by atoms with E-state index in [1.807, 2.05) is 6.07 Å². The van der Waals surface area contributed by atoms with Crippen LogP contribution in [0.2, 0.25) is 0 Å². The van der Waals surface area contributed by atoms with Crippen LogP contribution in [-0.2, 0) is 30.3 Å². The average Bonchev–Trinajstić information content (AvgIpc) is 3.14. The van der Waals surface area contributed by atoms with E-state index < -0.39 is 48.4 Å². The van der Waals surface area contributed by atoms with Gasteiger partial charge < -0.3 is 19.7 Å². The van der Waals surface area contributed by atoms with Crippen molar-refractivity contribution in [2.45, 2.75) is 96.3 Å². The predicted molar refractivity (Wildman–Crippen MR) is 183 cm³/mol. The van der Waals surface area contributed by atoms with Crippen molar-refractivity contribution in [1.82, 2.24) is 0 Å². The number of carbonyl (C=O) groups is 3. The minimum atomic E-state index is -1.13. The van der Waals surface area contributed by atoms with Crippen LogP contribution in [0.5, 0.6) is 0 Å². The smallest absolute Gasteiger partial charge is 0.377 e. The van der Waals surface area contributed by atoms with Gasteiger partial charge in [0.1, 0.15) is 12.4 Å². The number of halogens is 3. The third-order valence-corrected chi connectivity index (χ3v) is 10.7. The highest BCUT2D eigenvalue weighted by Gasteiger charge is 2.33. The number of benzene rings is 2. The van der Waals surface area contributed by atoms with Crippen LogP contribution in [-0.4, -0.2) is 54.4 Å². The number of aliphatic hydroxyl groups excluding tert-OH is 2. The largest absolute Gasteiger partial charge is 0.462 e. The van der Waals surface area contributed by atoms with Crippen LogP contribution in [0.4, 0.5) is 13.2 Å². The maximum atomic E-state index is 15.3. The predicted octanol–water partition coefficient (Wildman–Crippen LogP) is 7.79. The number of rotatable bonds is 17. The first-order chi connectivity index (χ1) is 24.1. The number of hydrogen-bond acceptors (Lipinski definition) is 7. The molecule has 274 valence electrons. The van der Waals surface area contributed by atoms with Gasteiger partial charge in [-0.1, -0.05) is 63.5 Å². The summed E-state index contributed by atoms with van der Waals surface area (Å²) in [7, 11) is 0. The molecule has 0 spiro atoms. The van der Waals surface area contributed by atoms with Gasteiger partial charge in [-0.2, -0.15) is 0 Å². The molecule has 2 aliphatic rings. The number of esters is 2. The van der Waals surface area contributed by atoms with Gasteiger partial charge in [0.2, 0.25) is 0 Å². The molecular formula is C40H51F3O7. The summed E-state index contributed by atoms with van der Waals surface area (Å²) >= 11 is 0. The fourth-order valence-electron chi connectivity index (χ4n) is 7.73. The number of aryl methyl sites for hydroxylation is 1. The minimum Gasteiger partial charge on any atom is -0.462 e. The SMILES string of the molecule is C=C(CO)C(=O)OCC(COC(=O)C(=O)CO)CC1CCC(C2CCC(c3ccc(-c4ccc(CCCCC)c(F)c4F)c(F)c3)CC2)CC1. The van der Waals surface area contributed by atoms with Gasteiger partial charge in [0, 0.05) is 17.0 Å². The van der Waals surface area contributed by atoms with Crippen molar-refractivity contribution >= 4 is 17.7 Å². The van der Waals surface area contributed by atoms with Crippen LogP contribution >= 0.6 is 0 Å². The third kappa shape index (κ3) is 10.5. The molecule has 2 aliphatic carbocycles. The minimum absolute atomic E-state index is 0.0529. The van der Waals surface area contributed by atoms with E-state index in [4.69, 9.17) is 19.7 Å². The molecule has 2 aromatic rings. The highest BCUT2D eigenvalue weighted by molar-refractivity contribution is 6.34. The molecule has 2 aromatic carbocycles. The zero-order chi connectivity index (χ0) is 36.2. The average molecular weight is 701 g/mol. The number of aliphatic hydroxyl groups is 2. The summed E-state index contributed by atoms with van der Waals surface area (Å²) in [5, 5.41) is 18.1. The Labute approximate surface area is 293 Å². The van der Waals surface area contributed by atoms with Crippen molar-refractivity contribution in [2.75, 3.05) is 26.4 Å². The molecule has 0 radical (unpaired) electrons. The molecule has 2 N–H and O–H groups in total. The van der Waals surface area contributed by atoms with Crippen molar-refractivity contribution in [3.63, 3.8) is 0 Å². The molecular weight excluding hydrogens is 649 g/mol. The van der Waals surface area contributed by atoms with Gasteiger partial charge in [-0.05, 0) is 98.7 Å². The molecule has 0 aliphatic heterocycles. The first kappa shape index (κ1) is 39.3. The number of unbranched alkanes of at least 4 members (excludes halogenated alkanes) is 2. The van der Waals surface area contributed by atoms with Gasteiger partial charge in [-0.25, -0.2) is 22.8 Å². The van der Waals surface area contributed by atoms with Gasteiger partial charge in [0.05, 0.1) is 25.4 Å². The lowest BCUT2D eigenvalue weighted by atomic mass is 9.67. The van der Waals surface area contributed by atoms with E-state index in [-0.39, 0.29) is 41.7 Å². The molecule has 0 aromatic heterocycles. The molecule has 0 heterocycles. The quantitative estimate of drug-likeness (QED) is 0.0751. The van der Waals surface area contributed by atoms with Crippen molar-refractivity contribution in [3.8, 4) is 11.1 Å². The normalized spacial score (nSPS) is 21.3. The summed E-state index contributed by atoms with van der Waals surface area (Å²) in [6.45, 7) is 3.85. The Balaban J connectivity index is 1.28. The van der Waals surface area contributed by atoms with Crippen LogP contribution in [0.1, 0.15) is 101 Å². The Morgan fingerprint density at radius 1 is 0.800 bits per heavy atom. The fourth-order valence-corrected chi connectivity index (χ4v) is 7.73. The second-order valence-electron chi connectivity index (χ2n) is 14.1. The molecule has 0 amide bonds. The molecule has 7 nitrogen and oxygen atoms in total. The Hall–Kier alpha value is -3.50. The summed E-state index contributed by atoms with van der Waals surface area (Å²) in [4.78, 5) is 35.3. The lowest BCUT2D eigenvalue weighted by Crippen LogP contribution is -2.29. The zero-order valence-corrected chi connectivity index (χ0v) is 29.1. The summed E-state index contributed by atoms with van der Waals surface area (Å²) in [5.41, 5.74) is 1.15. The number of hydrogen-bond donors (Lipinski definition) is 2. The first-order valence-electron chi connectivity index (χ1n) is 18.1. The second kappa shape index (κ2) is 19.2. The molecule has 1 atom stereocenters. The van der Waals surface area contributed by atoms with Gasteiger partial charge in [0.25, 0.3) is 5.78 Å². The maximum Gasteiger partial charge on any atom is 0.377 e. The van der Waals surface area contributed by atoms with Crippen molar-refractivity contribution in [3.05, 3.63) is 71.1 Å². The Bertz CT molecular complexity index is 1440. The summed E-state index contributed by atoms with van der Waals surface area (Å²) in [5.74, 6) is -4.03. The summed E-state index contributed by atoms with van der Waals surface area (Å²) in [6, 6.07) is 7.97. The lowest BCUT2D eigenvalue weighted by Gasteiger charge is -2.38. The van der Waals surface area contributed by atoms with Crippen LogP contribution in [0, 0.1) is 41.1 Å². The standard InChI is InChI=1S/C40H51F3O7/c1-3-4-5-6-31-15-18-34(38(43)37(31)42)33-17-16-32(20-35(33)41)30-13-11-29(12-14-30)28-9-7-26(8-10-28)19-27(23-49-39(47)25(2)21-44)24-50-40(48)36(46)22-45/h15-18,20,26-30,44-45H,2-14,19,21-24H2,1H3. The van der Waals surface area contributed by atoms with E-state index in [9.17, 15) is 23.2 Å². The monoisotopic (exact) mass is 700 g/mol. The molecule has 2 saturated carbocycles. The molecule has 50 heavy (non-hydrogen) atoms. The molecule has 1 unspecified atom stereocenters. The summed E-state index contributed by atoms with van der Waals surface area (Å²) in [6.07, 6.45) is 11.7. The van der Waals surface area contributed by atoms with E-state index in [1.165, 1.54) is 12.1 Å². The highest BCUT2D eigenvalue weighted by Crippen LogP contribution is 2.45. The van der Waals surface area contributed by atoms with Gasteiger partial charge in [-0.15, -0.1) is 0 Å². The Kier molecular flexibility index (Phi) is 15.1. The van der Waals surface area contributed by atoms with Crippen molar-refractivity contribution in [2.24, 2.45) is 23.7 Å². The topological polar surface area (TPSA) is 110 Å². The van der Waals surface area contributed by atoms with E-state index >= 15 is 4.39 Å². The second-order valence-corrected chi connectivity index (χ2v) is 14.1. The molecule has 0 saturated heterocycles. The van der Waals surface area contributed by atoms with Crippen molar-refractivity contribution < 1.29 is 47.2 Å². The van der Waals surface area contributed by atoms with Crippen LogP contribution in [0.15, 0.2) is 42.5 Å². The van der Waals surface area contributed by atoms with E-state index in [0.29, 0.717) is 36.2 Å². The van der Waals surface area contributed by atoms with Gasteiger partial charge in [-0.3, -0.25) is 4.79 Å². The molecule has 10 heteroatoms. The van der Waals surface area contributed by atoms with E-state index in [2.05, 4.69) is 13.5 Å². The number of Topliss-reactive ketones (excluding diaryl/α,β-unsaturated/α-hetero) is 1. The molecule has 2 fully saturated rings. The number of ketones is 1. The Morgan fingerprint density at radius 3 is 2.02 bits per heavy atom. The highest BCUT2D eigenvalue weighted by atomic mass is 19.2. The maximum absolute atomic E-state index is 15.3. The fraction of sp³-hybridized carbons (Fsp3) is 0.575. The first-order valence-corrected chi connectivity index (χ1v) is 18.1. The Morgan fingerprint density at radius 2 is 1.42 bits per heavy atom. The van der Waals surface area contributed by atoms with Crippen molar-refractivity contribution in [1.29, 1.82) is 0 Å². The van der Waals surface area contributed by atoms with Gasteiger partial charge in [0.15, 0.2) is 11.6 Å². The van der Waals surface area contributed by atoms with Crippen LogP contribution in [0.25, 0.3) is 11.1 Å². The van der Waals surface area contributed by atoms with Crippen LogP contribution < -0.4 is 0 Å². The number of carbonyl (C=O) groups excluding carboxylic acids is 3. The number of ether oxygens (including phenoxy) is 2.